The maximum Gasteiger partial charge on any atom is 0.325 e. The molecule has 88 valence electrons. The van der Waals surface area contributed by atoms with Crippen molar-refractivity contribution in [3.05, 3.63) is 0 Å². The molecule has 0 aliphatic heterocycles. The number of hydrogen-bond donors (Lipinski definition) is 1. The van der Waals surface area contributed by atoms with Crippen molar-refractivity contribution in [3.8, 4) is 0 Å². The number of halogens is 1. The Morgan fingerprint density at radius 2 is 1.93 bits per heavy atom. The Morgan fingerprint density at radius 1 is 1.40 bits per heavy atom. The topological polar surface area (TPSA) is 55.4 Å². The molecule has 0 saturated carbocycles. The van der Waals surface area contributed by atoms with Crippen molar-refractivity contribution >= 4 is 23.5 Å². The van der Waals surface area contributed by atoms with E-state index < -0.39 is 11.3 Å². The third-order valence-corrected chi connectivity index (χ3v) is 1.96. The minimum absolute atomic E-state index is 0.0723. The van der Waals surface area contributed by atoms with Crippen LogP contribution in [-0.2, 0) is 14.3 Å². The summed E-state index contributed by atoms with van der Waals surface area (Å²) in [7, 11) is 1.26. The van der Waals surface area contributed by atoms with Gasteiger partial charge in [-0.1, -0.05) is 20.8 Å². The van der Waals surface area contributed by atoms with E-state index in [4.69, 9.17) is 11.6 Å². The predicted octanol–water partition coefficient (Wildman–Crippen LogP) is 1.32. The molecule has 0 aromatic carbocycles. The fourth-order valence-corrected chi connectivity index (χ4v) is 1.13. The number of hydrogen-bond acceptors (Lipinski definition) is 3. The summed E-state index contributed by atoms with van der Waals surface area (Å²) in [4.78, 5) is 22.3. The summed E-state index contributed by atoms with van der Waals surface area (Å²) in [6.45, 7) is 5.99. The normalized spacial score (nSPS) is 13.1. The molecule has 0 saturated heterocycles. The maximum absolute atomic E-state index is 11.4. The lowest BCUT2D eigenvalue weighted by molar-refractivity contribution is -0.140. The van der Waals surface area contributed by atoms with Crippen LogP contribution in [0.2, 0.25) is 0 Å². The molecule has 0 radical (unpaired) electrons. The highest BCUT2D eigenvalue weighted by Crippen LogP contribution is 2.17. The van der Waals surface area contributed by atoms with Crippen molar-refractivity contribution in [3.63, 3.8) is 0 Å². The third-order valence-electron chi connectivity index (χ3n) is 1.63. The van der Waals surface area contributed by atoms with E-state index in [1.807, 2.05) is 20.8 Å². The van der Waals surface area contributed by atoms with Crippen LogP contribution in [0.25, 0.3) is 0 Å². The van der Waals surface area contributed by atoms with Crippen LogP contribution in [0.1, 0.15) is 27.2 Å². The Hall–Kier alpha value is -0.770. The number of carbonyl (C=O) groups is 2. The van der Waals surface area contributed by atoms with E-state index in [-0.39, 0.29) is 17.9 Å². The lowest BCUT2D eigenvalue weighted by Gasteiger charge is -2.17. The van der Waals surface area contributed by atoms with Crippen molar-refractivity contribution in [2.45, 2.75) is 32.6 Å². The summed E-state index contributed by atoms with van der Waals surface area (Å²) in [5.41, 5.74) is -0.0723. The van der Waals surface area contributed by atoms with Crippen molar-refractivity contribution in [1.29, 1.82) is 0 Å². The quantitative estimate of drug-likeness (QED) is 0.591. The molecule has 0 aliphatic carbocycles. The van der Waals surface area contributed by atoms with Crippen LogP contribution in [0.4, 0.5) is 0 Å². The molecular weight excluding hydrogens is 218 g/mol. The predicted molar refractivity (Wildman–Crippen MR) is 58.7 cm³/mol. The highest BCUT2D eigenvalue weighted by atomic mass is 35.5. The number of rotatable bonds is 4. The molecular formula is C10H18ClNO3. The van der Waals surface area contributed by atoms with Gasteiger partial charge in [0.1, 0.15) is 5.38 Å². The number of methoxy groups -OCH3 is 1. The summed E-state index contributed by atoms with van der Waals surface area (Å²) in [6, 6.07) is 0. The number of alkyl halides is 1. The van der Waals surface area contributed by atoms with Crippen LogP contribution in [0.15, 0.2) is 0 Å². The Labute approximate surface area is 95.3 Å². The van der Waals surface area contributed by atoms with E-state index >= 15 is 0 Å². The average molecular weight is 236 g/mol. The Kier molecular flexibility index (Phi) is 5.65. The minimum atomic E-state index is -0.820. The summed E-state index contributed by atoms with van der Waals surface area (Å²) in [6.07, 6.45) is 0.401. The smallest absolute Gasteiger partial charge is 0.325 e. The van der Waals surface area contributed by atoms with Crippen LogP contribution >= 0.6 is 11.6 Å². The molecule has 0 bridgehead atoms. The highest BCUT2D eigenvalue weighted by molar-refractivity contribution is 6.30. The number of carbonyl (C=O) groups excluding carboxylic acids is 2. The van der Waals surface area contributed by atoms with Gasteiger partial charge in [0.2, 0.25) is 5.91 Å². The van der Waals surface area contributed by atoms with Crippen molar-refractivity contribution in [2.75, 3.05) is 13.7 Å². The Morgan fingerprint density at radius 3 is 2.33 bits per heavy atom. The van der Waals surface area contributed by atoms with E-state index in [1.165, 1.54) is 7.11 Å². The molecule has 0 heterocycles. The van der Waals surface area contributed by atoms with E-state index in [0.29, 0.717) is 6.42 Å². The van der Waals surface area contributed by atoms with Crippen LogP contribution in [0.3, 0.4) is 0 Å². The van der Waals surface area contributed by atoms with Gasteiger partial charge in [-0.2, -0.15) is 0 Å². The standard InChI is InChI=1S/C10H18ClNO3/c1-10(2,3)5-8(13)12-6-7(11)9(14)15-4/h7H,5-6H2,1-4H3,(H,12,13). The summed E-state index contributed by atoms with van der Waals surface area (Å²) >= 11 is 5.66. The van der Waals surface area contributed by atoms with Gasteiger partial charge in [0, 0.05) is 13.0 Å². The van der Waals surface area contributed by atoms with E-state index in [2.05, 4.69) is 10.1 Å². The van der Waals surface area contributed by atoms with Crippen LogP contribution in [-0.4, -0.2) is 30.9 Å². The second kappa shape index (κ2) is 5.95. The first kappa shape index (κ1) is 14.2. The zero-order chi connectivity index (χ0) is 12.1. The lowest BCUT2D eigenvalue weighted by Crippen LogP contribution is -2.35. The molecule has 1 N–H and O–H groups in total. The van der Waals surface area contributed by atoms with Crippen LogP contribution in [0, 0.1) is 5.41 Å². The van der Waals surface area contributed by atoms with Gasteiger partial charge in [0.25, 0.3) is 0 Å². The SMILES string of the molecule is COC(=O)C(Cl)CNC(=O)CC(C)(C)C. The van der Waals surface area contributed by atoms with Crippen LogP contribution in [0.5, 0.6) is 0 Å². The van der Waals surface area contributed by atoms with E-state index in [1.54, 1.807) is 0 Å². The monoisotopic (exact) mass is 235 g/mol. The lowest BCUT2D eigenvalue weighted by atomic mass is 9.92. The first-order valence-electron chi connectivity index (χ1n) is 4.75. The van der Waals surface area contributed by atoms with Gasteiger partial charge in [-0.3, -0.25) is 9.59 Å². The van der Waals surface area contributed by atoms with Gasteiger partial charge in [0.05, 0.1) is 7.11 Å². The van der Waals surface area contributed by atoms with Crippen molar-refractivity contribution < 1.29 is 14.3 Å². The van der Waals surface area contributed by atoms with Crippen LogP contribution < -0.4 is 5.32 Å². The fourth-order valence-electron chi connectivity index (χ4n) is 0.959. The maximum atomic E-state index is 11.4. The van der Waals surface area contributed by atoms with Gasteiger partial charge in [-0.05, 0) is 5.41 Å². The fraction of sp³-hybridized carbons (Fsp3) is 0.800. The average Bonchev–Trinajstić information content (AvgIpc) is 2.10. The molecule has 0 aromatic heterocycles. The molecule has 4 nitrogen and oxygen atoms in total. The van der Waals surface area contributed by atoms with E-state index in [0.717, 1.165) is 0 Å². The molecule has 15 heavy (non-hydrogen) atoms. The van der Waals surface area contributed by atoms with Gasteiger partial charge >= 0.3 is 5.97 Å². The van der Waals surface area contributed by atoms with Gasteiger partial charge in [-0.25, -0.2) is 0 Å². The molecule has 0 spiro atoms. The summed E-state index contributed by atoms with van der Waals surface area (Å²) in [5, 5.41) is 1.76. The molecule has 0 fully saturated rings. The number of amides is 1. The van der Waals surface area contributed by atoms with Gasteiger partial charge < -0.3 is 10.1 Å². The first-order valence-corrected chi connectivity index (χ1v) is 5.18. The minimum Gasteiger partial charge on any atom is -0.468 e. The van der Waals surface area contributed by atoms with Gasteiger partial charge in [0.15, 0.2) is 0 Å². The summed E-state index contributed by atoms with van der Waals surface area (Å²) < 4.78 is 4.42. The molecule has 1 amide bonds. The van der Waals surface area contributed by atoms with Crippen molar-refractivity contribution in [2.24, 2.45) is 5.41 Å². The zero-order valence-electron chi connectivity index (χ0n) is 9.59. The number of ether oxygens (including phenoxy) is 1. The first-order chi connectivity index (χ1) is 6.76. The summed E-state index contributed by atoms with van der Waals surface area (Å²) in [5.74, 6) is -0.648. The number of esters is 1. The molecule has 0 aliphatic rings. The zero-order valence-corrected chi connectivity index (χ0v) is 10.4. The third kappa shape index (κ3) is 7.19. The molecule has 0 rings (SSSR count). The second-order valence-corrected chi connectivity index (χ2v) is 5.06. The Balaban J connectivity index is 3.86. The largest absolute Gasteiger partial charge is 0.468 e. The molecule has 0 aromatic rings. The molecule has 5 heteroatoms. The van der Waals surface area contributed by atoms with Gasteiger partial charge in [-0.15, -0.1) is 11.6 Å². The molecule has 1 unspecified atom stereocenters. The Bertz CT molecular complexity index is 235. The van der Waals surface area contributed by atoms with E-state index in [9.17, 15) is 9.59 Å². The van der Waals surface area contributed by atoms with Crippen molar-refractivity contribution in [1.82, 2.24) is 5.32 Å². The second-order valence-electron chi connectivity index (χ2n) is 4.53. The highest BCUT2D eigenvalue weighted by Gasteiger charge is 2.19. The molecule has 1 atom stereocenters. The number of nitrogens with one attached hydrogen (secondary N) is 1.